The van der Waals surface area contributed by atoms with Gasteiger partial charge in [0.2, 0.25) is 0 Å². The van der Waals surface area contributed by atoms with Gasteiger partial charge in [0.1, 0.15) is 5.82 Å². The number of halogens is 3. The monoisotopic (exact) mass is 354 g/mol. The summed E-state index contributed by atoms with van der Waals surface area (Å²) in [5.74, 6) is 0.0747. The van der Waals surface area contributed by atoms with E-state index < -0.39 is 23.6 Å². The maximum atomic E-state index is 14.5. The lowest BCUT2D eigenvalue weighted by Crippen LogP contribution is -2.40. The third kappa shape index (κ3) is 4.05. The molecule has 1 heterocycles. The molecule has 3 rings (SSSR count). The van der Waals surface area contributed by atoms with Crippen LogP contribution in [0.25, 0.3) is 0 Å². The highest BCUT2D eigenvalue weighted by Gasteiger charge is 2.47. The predicted octanol–water partition coefficient (Wildman–Crippen LogP) is 6.51. The summed E-state index contributed by atoms with van der Waals surface area (Å²) >= 11 is 0. The minimum absolute atomic E-state index is 0.158. The second kappa shape index (κ2) is 7.69. The Kier molecular flexibility index (Phi) is 5.77. The van der Waals surface area contributed by atoms with Gasteiger partial charge in [-0.05, 0) is 49.1 Å². The van der Waals surface area contributed by atoms with Gasteiger partial charge >= 0.3 is 6.11 Å². The lowest BCUT2D eigenvalue weighted by Gasteiger charge is -2.39. The van der Waals surface area contributed by atoms with Gasteiger partial charge < -0.3 is 4.74 Å². The van der Waals surface area contributed by atoms with Gasteiger partial charge in [-0.1, -0.05) is 57.6 Å². The van der Waals surface area contributed by atoms with Crippen molar-refractivity contribution in [3.05, 3.63) is 34.6 Å². The number of fused-ring (bicyclic) bond motifs is 1. The van der Waals surface area contributed by atoms with E-state index in [1.807, 2.05) is 0 Å². The minimum Gasteiger partial charge on any atom is -0.312 e. The molecule has 140 valence electrons. The van der Waals surface area contributed by atoms with E-state index in [4.69, 9.17) is 4.74 Å². The van der Waals surface area contributed by atoms with Crippen LogP contribution >= 0.6 is 0 Å². The average molecular weight is 354 g/mol. The normalized spacial score (nSPS) is 28.6. The van der Waals surface area contributed by atoms with Crippen LogP contribution in [0.15, 0.2) is 12.1 Å². The molecule has 4 heteroatoms. The van der Waals surface area contributed by atoms with Crippen LogP contribution < -0.4 is 0 Å². The fourth-order valence-corrected chi connectivity index (χ4v) is 4.51. The molecule has 1 aliphatic heterocycles. The van der Waals surface area contributed by atoms with Crippen molar-refractivity contribution in [2.24, 2.45) is 11.8 Å². The molecule has 2 aliphatic rings. The molecule has 0 bridgehead atoms. The van der Waals surface area contributed by atoms with Crippen LogP contribution in [0.5, 0.6) is 0 Å². The number of aryl methyl sites for hydroxylation is 1. The van der Waals surface area contributed by atoms with E-state index in [0.29, 0.717) is 12.0 Å². The zero-order chi connectivity index (χ0) is 18.0. The number of alkyl halides is 2. The summed E-state index contributed by atoms with van der Waals surface area (Å²) in [4.78, 5) is 0. The van der Waals surface area contributed by atoms with Gasteiger partial charge in [-0.2, -0.15) is 8.78 Å². The number of hydrogen-bond donors (Lipinski definition) is 0. The lowest BCUT2D eigenvalue weighted by molar-refractivity contribution is -0.292. The number of rotatable bonds is 5. The predicted molar refractivity (Wildman–Crippen MR) is 93.2 cm³/mol. The highest BCUT2D eigenvalue weighted by atomic mass is 19.3. The quantitative estimate of drug-likeness (QED) is 0.548. The number of benzene rings is 1. The van der Waals surface area contributed by atoms with E-state index in [0.717, 1.165) is 31.6 Å². The first-order chi connectivity index (χ1) is 11.9. The molecule has 0 radical (unpaired) electrons. The standard InChI is InChI=1S/C21H29F3O/c1-3-4-5-6-15-8-11-16(12-9-15)18-13-17-10-7-14(2)20(22)19(17)21(23,24)25-18/h7,10,15-16,18H,3-6,8-9,11-13H2,1-2H3. The third-order valence-corrected chi connectivity index (χ3v) is 6.07. The minimum atomic E-state index is -3.52. The average Bonchev–Trinajstić information content (AvgIpc) is 2.58. The van der Waals surface area contributed by atoms with Crippen LogP contribution in [0.3, 0.4) is 0 Å². The molecular weight excluding hydrogens is 325 g/mol. The Bertz CT molecular complexity index is 591. The molecule has 1 aromatic carbocycles. The Morgan fingerprint density at radius 2 is 1.84 bits per heavy atom. The smallest absolute Gasteiger partial charge is 0.312 e. The second-order valence-electron chi connectivity index (χ2n) is 7.88. The molecule has 1 fully saturated rings. The fraction of sp³-hybridized carbons (Fsp3) is 0.714. The van der Waals surface area contributed by atoms with Gasteiger partial charge in [0.25, 0.3) is 0 Å². The van der Waals surface area contributed by atoms with Crippen LogP contribution in [0, 0.1) is 24.6 Å². The van der Waals surface area contributed by atoms with Gasteiger partial charge in [0, 0.05) is 0 Å². The zero-order valence-electron chi connectivity index (χ0n) is 15.3. The Balaban J connectivity index is 1.65. The van der Waals surface area contributed by atoms with Gasteiger partial charge in [-0.15, -0.1) is 0 Å². The molecule has 1 aromatic rings. The van der Waals surface area contributed by atoms with Gasteiger partial charge in [0.05, 0.1) is 11.7 Å². The second-order valence-corrected chi connectivity index (χ2v) is 7.88. The Morgan fingerprint density at radius 1 is 1.12 bits per heavy atom. The van der Waals surface area contributed by atoms with Gasteiger partial charge in [-0.25, -0.2) is 4.39 Å². The molecular formula is C21H29F3O. The molecule has 1 unspecified atom stereocenters. The summed E-state index contributed by atoms with van der Waals surface area (Å²) in [5, 5.41) is 0. The van der Waals surface area contributed by atoms with Crippen molar-refractivity contribution in [1.29, 1.82) is 0 Å². The van der Waals surface area contributed by atoms with E-state index in [-0.39, 0.29) is 11.5 Å². The first kappa shape index (κ1) is 18.8. The number of unbranched alkanes of at least 4 members (excludes halogenated alkanes) is 2. The molecule has 0 saturated heterocycles. The fourth-order valence-electron chi connectivity index (χ4n) is 4.51. The van der Waals surface area contributed by atoms with E-state index in [1.54, 1.807) is 12.1 Å². The highest BCUT2D eigenvalue weighted by Crippen LogP contribution is 2.45. The molecule has 0 amide bonds. The Morgan fingerprint density at radius 3 is 2.52 bits per heavy atom. The summed E-state index contributed by atoms with van der Waals surface area (Å²) in [6, 6.07) is 3.24. The first-order valence-corrected chi connectivity index (χ1v) is 9.76. The van der Waals surface area contributed by atoms with Crippen LogP contribution in [0.1, 0.15) is 75.0 Å². The van der Waals surface area contributed by atoms with Crippen LogP contribution in [-0.4, -0.2) is 6.10 Å². The van der Waals surface area contributed by atoms with Crippen molar-refractivity contribution in [2.45, 2.75) is 83.8 Å². The van der Waals surface area contributed by atoms with Crippen LogP contribution in [0.4, 0.5) is 13.2 Å². The third-order valence-electron chi connectivity index (χ3n) is 6.07. The summed E-state index contributed by atoms with van der Waals surface area (Å²) in [6.07, 6.45) is 5.52. The molecule has 1 saturated carbocycles. The van der Waals surface area contributed by atoms with Crippen molar-refractivity contribution in [2.75, 3.05) is 0 Å². The molecule has 1 atom stereocenters. The molecule has 1 aliphatic carbocycles. The van der Waals surface area contributed by atoms with E-state index in [1.165, 1.54) is 32.6 Å². The summed E-state index contributed by atoms with van der Waals surface area (Å²) in [6.45, 7) is 3.72. The Labute approximate surface area is 149 Å². The van der Waals surface area contributed by atoms with E-state index in [2.05, 4.69) is 6.92 Å². The van der Waals surface area contributed by atoms with Crippen molar-refractivity contribution in [1.82, 2.24) is 0 Å². The van der Waals surface area contributed by atoms with Crippen molar-refractivity contribution < 1.29 is 17.9 Å². The topological polar surface area (TPSA) is 9.23 Å². The summed E-state index contributed by atoms with van der Waals surface area (Å²) in [5.41, 5.74) is 0.111. The van der Waals surface area contributed by atoms with Crippen molar-refractivity contribution in [3.8, 4) is 0 Å². The SMILES string of the molecule is CCCCCC1CCC(C2Cc3ccc(C)c(F)c3C(F)(F)O2)CC1. The molecule has 0 N–H and O–H groups in total. The summed E-state index contributed by atoms with van der Waals surface area (Å²) < 4.78 is 48.2. The Hall–Kier alpha value is -1.03. The van der Waals surface area contributed by atoms with Crippen LogP contribution in [-0.2, 0) is 17.3 Å². The van der Waals surface area contributed by atoms with Crippen LogP contribution in [0.2, 0.25) is 0 Å². The van der Waals surface area contributed by atoms with Crippen molar-refractivity contribution >= 4 is 0 Å². The first-order valence-electron chi connectivity index (χ1n) is 9.76. The van der Waals surface area contributed by atoms with Gasteiger partial charge in [-0.3, -0.25) is 0 Å². The molecule has 1 nitrogen and oxygen atoms in total. The van der Waals surface area contributed by atoms with E-state index in [9.17, 15) is 13.2 Å². The van der Waals surface area contributed by atoms with Gasteiger partial charge in [0.15, 0.2) is 0 Å². The molecule has 0 spiro atoms. The highest BCUT2D eigenvalue weighted by molar-refractivity contribution is 5.37. The molecule has 25 heavy (non-hydrogen) atoms. The van der Waals surface area contributed by atoms with E-state index >= 15 is 0 Å². The number of hydrogen-bond acceptors (Lipinski definition) is 1. The summed E-state index contributed by atoms with van der Waals surface area (Å²) in [7, 11) is 0. The lowest BCUT2D eigenvalue weighted by atomic mass is 9.75. The maximum absolute atomic E-state index is 14.5. The maximum Gasteiger partial charge on any atom is 0.386 e. The largest absolute Gasteiger partial charge is 0.386 e. The molecule has 0 aromatic heterocycles. The zero-order valence-corrected chi connectivity index (χ0v) is 15.3. The van der Waals surface area contributed by atoms with Crippen molar-refractivity contribution in [3.63, 3.8) is 0 Å². The number of ether oxygens (including phenoxy) is 1.